The number of ether oxygens (including phenoxy) is 1. The van der Waals surface area contributed by atoms with Crippen LogP contribution in [0.2, 0.25) is 0 Å². The molecule has 1 saturated heterocycles. The lowest BCUT2D eigenvalue weighted by atomic mass is 10.0. The van der Waals surface area contributed by atoms with Crippen LogP contribution in [-0.2, 0) is 0 Å². The number of pyridine rings is 1. The van der Waals surface area contributed by atoms with Gasteiger partial charge in [-0.3, -0.25) is 9.69 Å². The van der Waals surface area contributed by atoms with E-state index in [2.05, 4.69) is 10.3 Å². The van der Waals surface area contributed by atoms with Gasteiger partial charge in [-0.15, -0.1) is 0 Å². The van der Waals surface area contributed by atoms with Gasteiger partial charge in [0.15, 0.2) is 0 Å². The topological polar surface area (TPSA) is 91.8 Å². The first kappa shape index (κ1) is 13.7. The first-order chi connectivity index (χ1) is 10.0. The van der Waals surface area contributed by atoms with E-state index in [-0.39, 0.29) is 18.1 Å². The molecule has 1 aromatic heterocycles. The average Bonchev–Trinajstić information content (AvgIpc) is 3.26. The van der Waals surface area contributed by atoms with E-state index in [9.17, 15) is 9.59 Å². The highest BCUT2D eigenvalue weighted by Gasteiger charge is 2.40. The van der Waals surface area contributed by atoms with Crippen LogP contribution in [0.15, 0.2) is 18.3 Å². The molecule has 1 saturated carbocycles. The predicted octanol–water partition coefficient (Wildman–Crippen LogP) is 1.10. The molecular formula is C14H17N3O4. The summed E-state index contributed by atoms with van der Waals surface area (Å²) >= 11 is 0. The molecule has 7 heteroatoms. The van der Waals surface area contributed by atoms with Gasteiger partial charge in [0.25, 0.3) is 5.91 Å². The second-order valence-electron chi connectivity index (χ2n) is 5.46. The molecule has 0 radical (unpaired) electrons. The third-order valence-corrected chi connectivity index (χ3v) is 3.82. The van der Waals surface area contributed by atoms with Gasteiger partial charge in [0.1, 0.15) is 17.5 Å². The smallest absolute Gasteiger partial charge is 0.407 e. The Morgan fingerprint density at radius 3 is 2.71 bits per heavy atom. The van der Waals surface area contributed by atoms with E-state index >= 15 is 0 Å². The summed E-state index contributed by atoms with van der Waals surface area (Å²) in [4.78, 5) is 28.0. The zero-order chi connectivity index (χ0) is 15.0. The molecule has 7 nitrogen and oxygen atoms in total. The van der Waals surface area contributed by atoms with Gasteiger partial charge < -0.3 is 15.2 Å². The highest BCUT2D eigenvalue weighted by atomic mass is 16.5. The van der Waals surface area contributed by atoms with Crippen molar-refractivity contribution in [2.45, 2.75) is 38.0 Å². The molecule has 2 heterocycles. The molecular weight excluding hydrogens is 274 g/mol. The van der Waals surface area contributed by atoms with Gasteiger partial charge in [0, 0.05) is 6.04 Å². The third-order valence-electron chi connectivity index (χ3n) is 3.82. The van der Waals surface area contributed by atoms with E-state index in [1.807, 2.05) is 0 Å². The highest BCUT2D eigenvalue weighted by Crippen LogP contribution is 2.24. The SMILES string of the molecule is CC1C(Oc2ccc(C(=O)NC3CC3)nc2)CN1C(=O)O. The van der Waals surface area contributed by atoms with Gasteiger partial charge in [0.05, 0.1) is 18.8 Å². The van der Waals surface area contributed by atoms with Crippen molar-refractivity contribution in [1.29, 1.82) is 0 Å². The molecule has 0 bridgehead atoms. The van der Waals surface area contributed by atoms with Crippen molar-refractivity contribution in [1.82, 2.24) is 15.2 Å². The molecule has 3 rings (SSSR count). The summed E-state index contributed by atoms with van der Waals surface area (Å²) in [6, 6.07) is 3.42. The van der Waals surface area contributed by atoms with Crippen molar-refractivity contribution >= 4 is 12.0 Å². The molecule has 2 unspecified atom stereocenters. The largest absolute Gasteiger partial charge is 0.485 e. The number of amides is 2. The minimum absolute atomic E-state index is 0.168. The van der Waals surface area contributed by atoms with Crippen molar-refractivity contribution in [2.24, 2.45) is 0 Å². The Morgan fingerprint density at radius 1 is 1.43 bits per heavy atom. The van der Waals surface area contributed by atoms with E-state index < -0.39 is 6.09 Å². The van der Waals surface area contributed by atoms with Crippen molar-refractivity contribution < 1.29 is 19.4 Å². The number of carboxylic acid groups (broad SMARTS) is 1. The Labute approximate surface area is 121 Å². The maximum Gasteiger partial charge on any atom is 0.407 e. The summed E-state index contributed by atoms with van der Waals surface area (Å²) in [5, 5.41) is 11.7. The number of carbonyl (C=O) groups excluding carboxylic acids is 1. The van der Waals surface area contributed by atoms with Gasteiger partial charge >= 0.3 is 6.09 Å². The zero-order valence-corrected chi connectivity index (χ0v) is 11.7. The fourth-order valence-corrected chi connectivity index (χ4v) is 2.21. The summed E-state index contributed by atoms with van der Waals surface area (Å²) in [6.07, 6.45) is 2.46. The summed E-state index contributed by atoms with van der Waals surface area (Å²) in [6.45, 7) is 2.15. The molecule has 1 aliphatic carbocycles. The highest BCUT2D eigenvalue weighted by molar-refractivity contribution is 5.92. The maximum absolute atomic E-state index is 11.8. The average molecular weight is 291 g/mol. The van der Waals surface area contributed by atoms with Gasteiger partial charge in [-0.05, 0) is 31.9 Å². The van der Waals surface area contributed by atoms with Gasteiger partial charge in [-0.1, -0.05) is 0 Å². The Morgan fingerprint density at radius 2 is 2.19 bits per heavy atom. The monoisotopic (exact) mass is 291 g/mol. The van der Waals surface area contributed by atoms with Crippen LogP contribution in [0.25, 0.3) is 0 Å². The van der Waals surface area contributed by atoms with Crippen LogP contribution in [0, 0.1) is 0 Å². The molecule has 0 aromatic carbocycles. The van der Waals surface area contributed by atoms with Gasteiger partial charge in [-0.25, -0.2) is 9.78 Å². The second kappa shape index (κ2) is 5.23. The molecule has 1 aromatic rings. The molecule has 1 aliphatic heterocycles. The standard InChI is InChI=1S/C14H17N3O4/c1-8-12(7-17(8)14(19)20)21-10-4-5-11(15-6-10)13(18)16-9-2-3-9/h4-6,8-9,12H,2-3,7H2,1H3,(H,16,18)(H,19,20). The number of nitrogens with one attached hydrogen (secondary N) is 1. The van der Waals surface area contributed by atoms with Crippen molar-refractivity contribution in [2.75, 3.05) is 6.54 Å². The van der Waals surface area contributed by atoms with E-state index in [1.54, 1.807) is 19.1 Å². The van der Waals surface area contributed by atoms with Gasteiger partial charge in [-0.2, -0.15) is 0 Å². The van der Waals surface area contributed by atoms with Crippen LogP contribution >= 0.6 is 0 Å². The fraction of sp³-hybridized carbons (Fsp3) is 0.500. The van der Waals surface area contributed by atoms with Crippen LogP contribution in [0.1, 0.15) is 30.3 Å². The first-order valence-electron chi connectivity index (χ1n) is 6.97. The lowest BCUT2D eigenvalue weighted by Gasteiger charge is -2.43. The Kier molecular flexibility index (Phi) is 3.40. The molecule has 112 valence electrons. The third kappa shape index (κ3) is 2.91. The summed E-state index contributed by atoms with van der Waals surface area (Å²) in [5.41, 5.74) is 0.364. The normalized spacial score (nSPS) is 24.1. The van der Waals surface area contributed by atoms with Crippen LogP contribution in [0.3, 0.4) is 0 Å². The lowest BCUT2D eigenvalue weighted by Crippen LogP contribution is -2.62. The van der Waals surface area contributed by atoms with Crippen molar-refractivity contribution in [3.05, 3.63) is 24.0 Å². The van der Waals surface area contributed by atoms with Crippen LogP contribution in [-0.4, -0.2) is 51.7 Å². The van der Waals surface area contributed by atoms with Crippen LogP contribution < -0.4 is 10.1 Å². The quantitative estimate of drug-likeness (QED) is 0.866. The fourth-order valence-electron chi connectivity index (χ4n) is 2.21. The molecule has 2 atom stereocenters. The number of nitrogens with zero attached hydrogens (tertiary/aromatic N) is 2. The number of hydrogen-bond acceptors (Lipinski definition) is 4. The number of carbonyl (C=O) groups is 2. The zero-order valence-electron chi connectivity index (χ0n) is 11.7. The summed E-state index contributed by atoms with van der Waals surface area (Å²) in [7, 11) is 0. The summed E-state index contributed by atoms with van der Waals surface area (Å²) < 4.78 is 5.67. The Balaban J connectivity index is 1.55. The maximum atomic E-state index is 11.8. The van der Waals surface area contributed by atoms with E-state index in [0.29, 0.717) is 24.0 Å². The molecule has 0 spiro atoms. The number of hydrogen-bond donors (Lipinski definition) is 2. The molecule has 2 fully saturated rings. The second-order valence-corrected chi connectivity index (χ2v) is 5.46. The Bertz CT molecular complexity index is 556. The lowest BCUT2D eigenvalue weighted by molar-refractivity contribution is -0.0226. The predicted molar refractivity (Wildman–Crippen MR) is 73.3 cm³/mol. The Hall–Kier alpha value is -2.31. The number of aromatic nitrogens is 1. The van der Waals surface area contributed by atoms with Crippen LogP contribution in [0.5, 0.6) is 5.75 Å². The van der Waals surface area contributed by atoms with E-state index in [0.717, 1.165) is 12.8 Å². The molecule has 21 heavy (non-hydrogen) atoms. The number of likely N-dealkylation sites (tertiary alicyclic amines) is 1. The van der Waals surface area contributed by atoms with Crippen molar-refractivity contribution in [3.63, 3.8) is 0 Å². The van der Waals surface area contributed by atoms with Crippen LogP contribution in [0.4, 0.5) is 4.79 Å². The minimum Gasteiger partial charge on any atom is -0.485 e. The van der Waals surface area contributed by atoms with Crippen molar-refractivity contribution in [3.8, 4) is 5.75 Å². The minimum atomic E-state index is -0.937. The molecule has 2 N–H and O–H groups in total. The van der Waals surface area contributed by atoms with E-state index in [4.69, 9.17) is 9.84 Å². The molecule has 2 aliphatic rings. The molecule has 2 amide bonds. The summed E-state index contributed by atoms with van der Waals surface area (Å²) in [5.74, 6) is 0.373. The van der Waals surface area contributed by atoms with Gasteiger partial charge in [0.2, 0.25) is 0 Å². The van der Waals surface area contributed by atoms with E-state index in [1.165, 1.54) is 11.1 Å². The first-order valence-corrected chi connectivity index (χ1v) is 6.97. The number of rotatable bonds is 4.